The molecule has 0 bridgehead atoms. The summed E-state index contributed by atoms with van der Waals surface area (Å²) >= 11 is 0. The van der Waals surface area contributed by atoms with Gasteiger partial charge in [0.1, 0.15) is 5.76 Å². The Morgan fingerprint density at radius 3 is 2.19 bits per heavy atom. The minimum Gasteiger partial charge on any atom is -0.443 e. The Labute approximate surface area is 98.1 Å². The summed E-state index contributed by atoms with van der Waals surface area (Å²) in [5, 5.41) is -0.232. The van der Waals surface area contributed by atoms with E-state index in [1.165, 1.54) is 6.07 Å². The van der Waals surface area contributed by atoms with E-state index in [1.54, 1.807) is 6.07 Å². The molecule has 0 radical (unpaired) electrons. The second-order valence-electron chi connectivity index (χ2n) is 3.42. The summed E-state index contributed by atoms with van der Waals surface area (Å²) in [5.41, 5.74) is 1.94. The third-order valence-electron chi connectivity index (χ3n) is 2.16. The molecule has 0 atom stereocenters. The first-order valence-corrected chi connectivity index (χ1v) is 6.89. The average molecular weight is 257 g/mol. The van der Waals surface area contributed by atoms with Gasteiger partial charge in [-0.3, -0.25) is 0 Å². The van der Waals surface area contributed by atoms with Gasteiger partial charge in [0.25, 0.3) is 9.05 Å². The summed E-state index contributed by atoms with van der Waals surface area (Å²) in [7, 11) is 1.37. The molecule has 0 saturated heterocycles. The predicted molar refractivity (Wildman–Crippen MR) is 61.9 cm³/mol. The lowest BCUT2D eigenvalue weighted by atomic mass is 10.1. The van der Waals surface area contributed by atoms with Crippen molar-refractivity contribution in [1.82, 2.24) is 0 Å². The van der Waals surface area contributed by atoms with Gasteiger partial charge < -0.3 is 4.42 Å². The molecule has 0 spiro atoms. The maximum atomic E-state index is 11.0. The van der Waals surface area contributed by atoms with Gasteiger partial charge in [-0.1, -0.05) is 29.8 Å². The topological polar surface area (TPSA) is 47.3 Å². The number of halogens is 1. The molecule has 16 heavy (non-hydrogen) atoms. The highest BCUT2D eigenvalue weighted by molar-refractivity contribution is 8.13. The van der Waals surface area contributed by atoms with Crippen molar-refractivity contribution in [2.75, 3.05) is 0 Å². The highest BCUT2D eigenvalue weighted by Crippen LogP contribution is 2.26. The van der Waals surface area contributed by atoms with Crippen LogP contribution in [0.5, 0.6) is 0 Å². The summed E-state index contributed by atoms with van der Waals surface area (Å²) in [6.45, 7) is 1.97. The predicted octanol–water partition coefficient (Wildman–Crippen LogP) is 3.18. The second kappa shape index (κ2) is 3.96. The zero-order valence-corrected chi connectivity index (χ0v) is 10.0. The van der Waals surface area contributed by atoms with Crippen LogP contribution in [-0.4, -0.2) is 8.42 Å². The minimum absolute atomic E-state index is 0.232. The zero-order valence-electron chi connectivity index (χ0n) is 8.48. The number of furan rings is 1. The fourth-order valence-corrected chi connectivity index (χ4v) is 1.99. The molecule has 0 fully saturated rings. The molecule has 3 nitrogen and oxygen atoms in total. The minimum atomic E-state index is -3.79. The van der Waals surface area contributed by atoms with Crippen LogP contribution in [0.2, 0.25) is 0 Å². The van der Waals surface area contributed by atoms with E-state index in [2.05, 4.69) is 0 Å². The van der Waals surface area contributed by atoms with Crippen LogP contribution in [-0.2, 0) is 9.05 Å². The third-order valence-corrected chi connectivity index (χ3v) is 3.31. The van der Waals surface area contributed by atoms with E-state index in [1.807, 2.05) is 31.2 Å². The third kappa shape index (κ3) is 2.28. The van der Waals surface area contributed by atoms with Crippen LogP contribution in [0.1, 0.15) is 5.56 Å². The van der Waals surface area contributed by atoms with Crippen LogP contribution in [0.3, 0.4) is 0 Å². The van der Waals surface area contributed by atoms with Gasteiger partial charge in [-0.05, 0) is 19.1 Å². The van der Waals surface area contributed by atoms with Crippen LogP contribution < -0.4 is 0 Å². The van der Waals surface area contributed by atoms with E-state index in [9.17, 15) is 8.42 Å². The van der Waals surface area contributed by atoms with Gasteiger partial charge in [-0.2, -0.15) is 0 Å². The monoisotopic (exact) mass is 256 g/mol. The average Bonchev–Trinajstić information content (AvgIpc) is 2.67. The fourth-order valence-electron chi connectivity index (χ4n) is 1.32. The molecule has 1 aromatic heterocycles. The molecule has 0 aliphatic rings. The van der Waals surface area contributed by atoms with Crippen molar-refractivity contribution in [2.24, 2.45) is 0 Å². The van der Waals surface area contributed by atoms with Crippen LogP contribution in [0.4, 0.5) is 0 Å². The zero-order chi connectivity index (χ0) is 11.8. The quantitative estimate of drug-likeness (QED) is 0.776. The molecule has 2 rings (SSSR count). The Balaban J connectivity index is 2.43. The van der Waals surface area contributed by atoms with Gasteiger partial charge in [0, 0.05) is 16.2 Å². The molecule has 0 saturated carbocycles. The van der Waals surface area contributed by atoms with Gasteiger partial charge in [0.05, 0.1) is 0 Å². The van der Waals surface area contributed by atoms with E-state index in [0.29, 0.717) is 5.76 Å². The van der Waals surface area contributed by atoms with E-state index < -0.39 is 9.05 Å². The summed E-state index contributed by atoms with van der Waals surface area (Å²) in [4.78, 5) is 0. The second-order valence-corrected chi connectivity index (χ2v) is 5.92. The normalized spacial score (nSPS) is 11.6. The number of hydrogen-bond acceptors (Lipinski definition) is 3. The summed E-state index contributed by atoms with van der Waals surface area (Å²) in [6.07, 6.45) is 0. The molecule has 0 unspecified atom stereocenters. The molecular weight excluding hydrogens is 248 g/mol. The first kappa shape index (κ1) is 11.2. The first-order chi connectivity index (χ1) is 7.47. The molecule has 1 aromatic carbocycles. The van der Waals surface area contributed by atoms with Crippen LogP contribution in [0.15, 0.2) is 45.9 Å². The van der Waals surface area contributed by atoms with Crippen LogP contribution in [0, 0.1) is 6.92 Å². The molecule has 2 aromatic rings. The fraction of sp³-hybridized carbons (Fsp3) is 0.0909. The number of rotatable bonds is 2. The maximum absolute atomic E-state index is 11.0. The highest BCUT2D eigenvalue weighted by atomic mass is 35.7. The van der Waals surface area contributed by atoms with Gasteiger partial charge >= 0.3 is 0 Å². The smallest absolute Gasteiger partial charge is 0.294 e. The van der Waals surface area contributed by atoms with E-state index >= 15 is 0 Å². The largest absolute Gasteiger partial charge is 0.443 e. The number of aryl methyl sites for hydroxylation is 1. The Hall–Kier alpha value is -1.26. The van der Waals surface area contributed by atoms with E-state index in [0.717, 1.165) is 11.1 Å². The molecular formula is C11H9ClO3S. The Morgan fingerprint density at radius 1 is 1.06 bits per heavy atom. The Bertz CT molecular complexity index is 596. The molecule has 0 amide bonds. The van der Waals surface area contributed by atoms with Crippen molar-refractivity contribution in [3.8, 4) is 11.3 Å². The van der Waals surface area contributed by atoms with Gasteiger partial charge in [0.15, 0.2) is 0 Å². The summed E-state index contributed by atoms with van der Waals surface area (Å²) in [6, 6.07) is 10.5. The summed E-state index contributed by atoms with van der Waals surface area (Å²) in [5.74, 6) is 0.485. The number of hydrogen-bond donors (Lipinski definition) is 0. The molecule has 84 valence electrons. The SMILES string of the molecule is Cc1ccc(-c2ccc(S(=O)(=O)Cl)o2)cc1. The molecule has 5 heteroatoms. The molecule has 1 heterocycles. The van der Waals surface area contributed by atoms with Crippen molar-refractivity contribution < 1.29 is 12.8 Å². The highest BCUT2D eigenvalue weighted by Gasteiger charge is 2.15. The van der Waals surface area contributed by atoms with Crippen LogP contribution in [0.25, 0.3) is 11.3 Å². The number of benzene rings is 1. The Kier molecular flexibility index (Phi) is 2.78. The van der Waals surface area contributed by atoms with Crippen molar-refractivity contribution in [3.05, 3.63) is 42.0 Å². The van der Waals surface area contributed by atoms with Crippen molar-refractivity contribution in [3.63, 3.8) is 0 Å². The van der Waals surface area contributed by atoms with Gasteiger partial charge in [0.2, 0.25) is 5.09 Å². The molecule has 0 aliphatic heterocycles. The lowest BCUT2D eigenvalue weighted by molar-refractivity contribution is 0.466. The van der Waals surface area contributed by atoms with Crippen LogP contribution >= 0.6 is 10.7 Å². The lowest BCUT2D eigenvalue weighted by Gasteiger charge is -1.97. The molecule has 0 aliphatic carbocycles. The van der Waals surface area contributed by atoms with Crippen molar-refractivity contribution >= 4 is 19.7 Å². The summed E-state index contributed by atoms with van der Waals surface area (Å²) < 4.78 is 27.2. The van der Waals surface area contributed by atoms with Gasteiger partial charge in [-0.15, -0.1) is 0 Å². The van der Waals surface area contributed by atoms with E-state index in [-0.39, 0.29) is 5.09 Å². The molecule has 0 N–H and O–H groups in total. The van der Waals surface area contributed by atoms with Gasteiger partial charge in [-0.25, -0.2) is 8.42 Å². The maximum Gasteiger partial charge on any atom is 0.294 e. The van der Waals surface area contributed by atoms with Crippen molar-refractivity contribution in [2.45, 2.75) is 12.0 Å². The Morgan fingerprint density at radius 2 is 1.69 bits per heavy atom. The first-order valence-electron chi connectivity index (χ1n) is 4.58. The standard InChI is InChI=1S/C11H9ClO3S/c1-8-2-4-9(5-3-8)10-6-7-11(15-10)16(12,13)14/h2-7H,1H3. The van der Waals surface area contributed by atoms with Crippen molar-refractivity contribution in [1.29, 1.82) is 0 Å². The lowest BCUT2D eigenvalue weighted by Crippen LogP contribution is -1.85. The van der Waals surface area contributed by atoms with E-state index in [4.69, 9.17) is 15.1 Å².